The van der Waals surface area contributed by atoms with Crippen LogP contribution >= 0.6 is 0 Å². The van der Waals surface area contributed by atoms with Gasteiger partial charge in [-0.05, 0) is 41.8 Å². The van der Waals surface area contributed by atoms with E-state index >= 15 is 0 Å². The monoisotopic (exact) mass is 389 g/mol. The van der Waals surface area contributed by atoms with Crippen molar-refractivity contribution < 1.29 is 14.3 Å². The van der Waals surface area contributed by atoms with Gasteiger partial charge in [-0.1, -0.05) is 74.0 Å². The minimum Gasteiger partial charge on any atom is -0.432 e. The average Bonchev–Trinajstić information content (AvgIpc) is 2.78. The molecule has 0 aliphatic rings. The van der Waals surface area contributed by atoms with Crippen LogP contribution in [-0.4, -0.2) is 25.9 Å². The molecule has 0 aromatic heterocycles. The highest BCUT2D eigenvalue weighted by Crippen LogP contribution is 2.22. The molecule has 3 aromatic rings. The molecule has 0 atom stereocenters. The molecule has 150 valence electrons. The van der Waals surface area contributed by atoms with Crippen molar-refractivity contribution in [3.63, 3.8) is 0 Å². The first-order valence-electron chi connectivity index (χ1n) is 10.1. The van der Waals surface area contributed by atoms with E-state index in [1.165, 1.54) is 0 Å². The van der Waals surface area contributed by atoms with Gasteiger partial charge in [-0.3, -0.25) is 0 Å². The Bertz CT molecular complexity index is 864. The normalized spacial score (nSPS) is 10.4. The topological polar surface area (TPSA) is 38.8 Å². The highest BCUT2D eigenvalue weighted by atomic mass is 16.7. The number of hydrogen-bond donors (Lipinski definition) is 0. The number of carbonyl (C=O) groups is 1. The number of anilines is 1. The van der Waals surface area contributed by atoms with Crippen molar-refractivity contribution in [2.24, 2.45) is 0 Å². The first-order valence-corrected chi connectivity index (χ1v) is 10.1. The predicted molar refractivity (Wildman–Crippen MR) is 117 cm³/mol. The SMILES string of the molecule is CCCCN(CCOC(=O)Oc1ccc(-c2ccccc2)cc1)c1ccccc1. The van der Waals surface area contributed by atoms with Crippen molar-refractivity contribution in [2.45, 2.75) is 19.8 Å². The number of para-hydroxylation sites is 1. The first kappa shape index (κ1) is 20.5. The van der Waals surface area contributed by atoms with Crippen molar-refractivity contribution in [1.29, 1.82) is 0 Å². The number of unbranched alkanes of at least 4 members (excludes halogenated alkanes) is 1. The number of nitrogens with zero attached hydrogens (tertiary/aromatic N) is 1. The van der Waals surface area contributed by atoms with E-state index in [2.05, 4.69) is 24.0 Å². The number of hydrogen-bond acceptors (Lipinski definition) is 4. The molecule has 4 nitrogen and oxygen atoms in total. The van der Waals surface area contributed by atoms with Crippen LogP contribution in [0.3, 0.4) is 0 Å². The van der Waals surface area contributed by atoms with Crippen LogP contribution in [0.25, 0.3) is 11.1 Å². The van der Waals surface area contributed by atoms with Crippen molar-refractivity contribution in [1.82, 2.24) is 0 Å². The van der Waals surface area contributed by atoms with Crippen LogP contribution in [0, 0.1) is 0 Å². The third-order valence-electron chi connectivity index (χ3n) is 4.65. The first-order chi connectivity index (χ1) is 14.3. The van der Waals surface area contributed by atoms with E-state index in [1.54, 1.807) is 12.1 Å². The largest absolute Gasteiger partial charge is 0.513 e. The summed E-state index contributed by atoms with van der Waals surface area (Å²) in [5, 5.41) is 0. The lowest BCUT2D eigenvalue weighted by molar-refractivity contribution is 0.101. The van der Waals surface area contributed by atoms with Gasteiger partial charge in [0.2, 0.25) is 0 Å². The smallest absolute Gasteiger partial charge is 0.432 e. The summed E-state index contributed by atoms with van der Waals surface area (Å²) in [6.07, 6.45) is 1.53. The predicted octanol–water partition coefficient (Wildman–Crippen LogP) is 6.18. The minimum absolute atomic E-state index is 0.277. The molecule has 0 radical (unpaired) electrons. The van der Waals surface area contributed by atoms with Gasteiger partial charge >= 0.3 is 6.16 Å². The molecule has 3 rings (SSSR count). The van der Waals surface area contributed by atoms with Gasteiger partial charge in [-0.2, -0.15) is 0 Å². The van der Waals surface area contributed by atoms with Crippen molar-refractivity contribution in [3.05, 3.63) is 84.9 Å². The number of carbonyl (C=O) groups excluding carboxylic acids is 1. The van der Waals surface area contributed by atoms with Crippen molar-refractivity contribution >= 4 is 11.8 Å². The highest BCUT2D eigenvalue weighted by Gasteiger charge is 2.10. The third kappa shape index (κ3) is 6.39. The Hall–Kier alpha value is -3.27. The minimum atomic E-state index is -0.680. The van der Waals surface area contributed by atoms with Crippen LogP contribution < -0.4 is 9.64 Å². The zero-order valence-electron chi connectivity index (χ0n) is 16.8. The zero-order valence-corrected chi connectivity index (χ0v) is 16.8. The van der Waals surface area contributed by atoms with Crippen molar-refractivity contribution in [2.75, 3.05) is 24.6 Å². The fourth-order valence-corrected chi connectivity index (χ4v) is 3.07. The van der Waals surface area contributed by atoms with Gasteiger partial charge in [0.1, 0.15) is 12.4 Å². The summed E-state index contributed by atoms with van der Waals surface area (Å²) in [7, 11) is 0. The fourth-order valence-electron chi connectivity index (χ4n) is 3.07. The molecule has 0 N–H and O–H groups in total. The quantitative estimate of drug-likeness (QED) is 0.324. The molecule has 0 aliphatic carbocycles. The second kappa shape index (κ2) is 10.9. The van der Waals surface area contributed by atoms with E-state index in [-0.39, 0.29) is 6.61 Å². The second-order valence-corrected chi connectivity index (χ2v) is 6.77. The summed E-state index contributed by atoms with van der Waals surface area (Å²) < 4.78 is 10.6. The molecular weight excluding hydrogens is 362 g/mol. The summed E-state index contributed by atoms with van der Waals surface area (Å²) >= 11 is 0. The Balaban J connectivity index is 1.48. The second-order valence-electron chi connectivity index (χ2n) is 6.77. The van der Waals surface area contributed by atoms with Crippen LogP contribution in [-0.2, 0) is 4.74 Å². The van der Waals surface area contributed by atoms with E-state index in [0.29, 0.717) is 12.3 Å². The maximum atomic E-state index is 12.0. The van der Waals surface area contributed by atoms with Crippen molar-refractivity contribution in [3.8, 4) is 16.9 Å². The molecule has 29 heavy (non-hydrogen) atoms. The van der Waals surface area contributed by atoms with Gasteiger partial charge in [0.15, 0.2) is 0 Å². The average molecular weight is 389 g/mol. The molecule has 0 saturated heterocycles. The molecule has 4 heteroatoms. The number of ether oxygens (including phenoxy) is 2. The third-order valence-corrected chi connectivity index (χ3v) is 4.65. The van der Waals surface area contributed by atoms with Crippen LogP contribution in [0.1, 0.15) is 19.8 Å². The van der Waals surface area contributed by atoms with Gasteiger partial charge in [-0.25, -0.2) is 4.79 Å². The van der Waals surface area contributed by atoms with Gasteiger partial charge in [0.25, 0.3) is 0 Å². The molecular formula is C25H27NO3. The van der Waals surface area contributed by atoms with Crippen LogP contribution in [0.4, 0.5) is 10.5 Å². The molecule has 0 spiro atoms. The summed E-state index contributed by atoms with van der Waals surface area (Å²) in [6.45, 7) is 4.01. The summed E-state index contributed by atoms with van der Waals surface area (Å²) in [5.74, 6) is 0.473. The molecule has 0 unspecified atom stereocenters. The molecule has 3 aromatic carbocycles. The Morgan fingerprint density at radius 2 is 1.41 bits per heavy atom. The van der Waals surface area contributed by atoms with E-state index in [1.807, 2.05) is 60.7 Å². The molecule has 0 heterocycles. The highest BCUT2D eigenvalue weighted by molar-refractivity contribution is 5.67. The Kier molecular flexibility index (Phi) is 7.70. The van der Waals surface area contributed by atoms with E-state index in [9.17, 15) is 4.79 Å². The fraction of sp³-hybridized carbons (Fsp3) is 0.240. The van der Waals surface area contributed by atoms with E-state index < -0.39 is 6.16 Å². The number of rotatable bonds is 9. The van der Waals surface area contributed by atoms with E-state index in [4.69, 9.17) is 9.47 Å². The maximum Gasteiger partial charge on any atom is 0.513 e. The number of benzene rings is 3. The van der Waals surface area contributed by atoms with Gasteiger partial charge in [-0.15, -0.1) is 0 Å². The molecule has 0 aliphatic heterocycles. The molecule has 0 amide bonds. The lowest BCUT2D eigenvalue weighted by Gasteiger charge is -2.24. The Morgan fingerprint density at radius 1 is 0.793 bits per heavy atom. The standard InChI is InChI=1S/C25H27NO3/c1-2-3-18-26(23-12-8-5-9-13-23)19-20-28-25(27)29-24-16-14-22(15-17-24)21-10-6-4-7-11-21/h4-17H,2-3,18-20H2,1H3. The molecule has 0 fully saturated rings. The Labute approximate surface area is 172 Å². The zero-order chi connectivity index (χ0) is 20.3. The van der Waals surface area contributed by atoms with Crippen LogP contribution in [0.2, 0.25) is 0 Å². The van der Waals surface area contributed by atoms with Gasteiger partial charge in [0.05, 0.1) is 6.54 Å². The molecule has 0 bridgehead atoms. The lowest BCUT2D eigenvalue weighted by atomic mass is 10.1. The lowest BCUT2D eigenvalue weighted by Crippen LogP contribution is -2.29. The van der Waals surface area contributed by atoms with Crippen LogP contribution in [0.5, 0.6) is 5.75 Å². The maximum absolute atomic E-state index is 12.0. The summed E-state index contributed by atoms with van der Waals surface area (Å²) in [6, 6.07) is 27.7. The van der Waals surface area contributed by atoms with Gasteiger partial charge in [0, 0.05) is 12.2 Å². The van der Waals surface area contributed by atoms with Crippen LogP contribution in [0.15, 0.2) is 84.9 Å². The summed E-state index contributed by atoms with van der Waals surface area (Å²) in [5.41, 5.74) is 3.32. The summed E-state index contributed by atoms with van der Waals surface area (Å²) in [4.78, 5) is 14.3. The molecule has 0 saturated carbocycles. The van der Waals surface area contributed by atoms with Gasteiger partial charge < -0.3 is 14.4 Å². The Morgan fingerprint density at radius 3 is 2.07 bits per heavy atom. The van der Waals surface area contributed by atoms with E-state index in [0.717, 1.165) is 36.2 Å².